The van der Waals surface area contributed by atoms with E-state index in [2.05, 4.69) is 9.97 Å². The number of hydrogen-bond donors (Lipinski definition) is 0. The van der Waals surface area contributed by atoms with Gasteiger partial charge < -0.3 is 4.74 Å². The van der Waals surface area contributed by atoms with Gasteiger partial charge in [-0.2, -0.15) is 0 Å². The van der Waals surface area contributed by atoms with E-state index in [0.29, 0.717) is 0 Å². The first-order valence-corrected chi connectivity index (χ1v) is 3.26. The van der Waals surface area contributed by atoms with Gasteiger partial charge in [-0.25, -0.2) is 0 Å². The summed E-state index contributed by atoms with van der Waals surface area (Å²) in [5, 5.41) is 0. The molecule has 3 heteroatoms. The number of aromatic nitrogens is 2. The standard InChI is InChI=1S/C7H8N2O/c1-5-2-9-6(3-8-5)7-4-10-7/h2-3,7H,4H2,1H3/t7-/m1/s1. The highest BCUT2D eigenvalue weighted by molar-refractivity contribution is 5.07. The molecule has 1 atom stereocenters. The molecule has 0 spiro atoms. The van der Waals surface area contributed by atoms with Gasteiger partial charge in [-0.05, 0) is 6.92 Å². The minimum atomic E-state index is 0.230. The Labute approximate surface area is 59.1 Å². The van der Waals surface area contributed by atoms with Crippen molar-refractivity contribution in [2.24, 2.45) is 0 Å². The molecule has 2 rings (SSSR count). The van der Waals surface area contributed by atoms with E-state index in [-0.39, 0.29) is 6.10 Å². The quantitative estimate of drug-likeness (QED) is 0.537. The Hall–Kier alpha value is -0.960. The van der Waals surface area contributed by atoms with Crippen LogP contribution >= 0.6 is 0 Å². The zero-order valence-electron chi connectivity index (χ0n) is 5.74. The van der Waals surface area contributed by atoms with Crippen molar-refractivity contribution in [3.63, 3.8) is 0 Å². The third kappa shape index (κ3) is 0.998. The number of rotatable bonds is 1. The lowest BCUT2D eigenvalue weighted by atomic mass is 10.3. The number of nitrogens with zero attached hydrogens (tertiary/aromatic N) is 2. The molecule has 1 aromatic heterocycles. The first-order chi connectivity index (χ1) is 4.86. The van der Waals surface area contributed by atoms with E-state index in [1.807, 2.05) is 6.92 Å². The van der Waals surface area contributed by atoms with Crippen LogP contribution in [-0.4, -0.2) is 16.6 Å². The average molecular weight is 136 g/mol. The van der Waals surface area contributed by atoms with Crippen LogP contribution in [-0.2, 0) is 4.74 Å². The molecular weight excluding hydrogens is 128 g/mol. The maximum atomic E-state index is 5.03. The molecule has 0 amide bonds. The molecule has 0 radical (unpaired) electrons. The Balaban J connectivity index is 2.28. The van der Waals surface area contributed by atoms with E-state index in [1.54, 1.807) is 12.4 Å². The van der Waals surface area contributed by atoms with Crippen LogP contribution < -0.4 is 0 Å². The predicted molar refractivity (Wildman–Crippen MR) is 35.5 cm³/mol. The molecule has 0 saturated carbocycles. The van der Waals surface area contributed by atoms with Crippen molar-refractivity contribution in [3.05, 3.63) is 23.8 Å². The largest absolute Gasteiger partial charge is 0.366 e. The summed E-state index contributed by atoms with van der Waals surface area (Å²) in [4.78, 5) is 8.25. The van der Waals surface area contributed by atoms with E-state index in [9.17, 15) is 0 Å². The second kappa shape index (κ2) is 2.02. The molecule has 1 aliphatic heterocycles. The Morgan fingerprint density at radius 3 is 2.80 bits per heavy atom. The minimum Gasteiger partial charge on any atom is -0.366 e. The number of ether oxygens (including phenoxy) is 1. The van der Waals surface area contributed by atoms with Crippen LogP contribution in [0.25, 0.3) is 0 Å². The van der Waals surface area contributed by atoms with Crippen LogP contribution in [0.3, 0.4) is 0 Å². The monoisotopic (exact) mass is 136 g/mol. The van der Waals surface area contributed by atoms with Gasteiger partial charge in [0.15, 0.2) is 0 Å². The lowest BCUT2D eigenvalue weighted by Crippen LogP contribution is -1.89. The van der Waals surface area contributed by atoms with Gasteiger partial charge in [-0.15, -0.1) is 0 Å². The third-order valence-corrected chi connectivity index (χ3v) is 1.46. The normalized spacial score (nSPS) is 22.7. The number of aryl methyl sites for hydroxylation is 1. The van der Waals surface area contributed by atoms with Gasteiger partial charge in [-0.1, -0.05) is 0 Å². The molecule has 0 unspecified atom stereocenters. The summed E-state index contributed by atoms with van der Waals surface area (Å²) in [5.74, 6) is 0. The predicted octanol–water partition coefficient (Wildman–Crippen LogP) is 0.856. The molecule has 0 bridgehead atoms. The Morgan fingerprint density at radius 2 is 2.30 bits per heavy atom. The highest BCUT2D eigenvalue weighted by Gasteiger charge is 2.26. The molecule has 1 saturated heterocycles. The number of epoxide rings is 1. The van der Waals surface area contributed by atoms with Crippen LogP contribution in [0.1, 0.15) is 17.5 Å². The van der Waals surface area contributed by atoms with Crippen LogP contribution in [0.4, 0.5) is 0 Å². The van der Waals surface area contributed by atoms with E-state index in [1.165, 1.54) is 0 Å². The van der Waals surface area contributed by atoms with E-state index in [0.717, 1.165) is 18.0 Å². The number of hydrogen-bond acceptors (Lipinski definition) is 3. The summed E-state index contributed by atoms with van der Waals surface area (Å²) in [6, 6.07) is 0. The SMILES string of the molecule is Cc1cnc([C@H]2CO2)cn1. The van der Waals surface area contributed by atoms with Crippen molar-refractivity contribution in [1.82, 2.24) is 9.97 Å². The molecule has 10 heavy (non-hydrogen) atoms. The summed E-state index contributed by atoms with van der Waals surface area (Å²) < 4.78 is 5.03. The van der Waals surface area contributed by atoms with Gasteiger partial charge in [0.05, 0.1) is 24.2 Å². The van der Waals surface area contributed by atoms with Crippen molar-refractivity contribution in [2.75, 3.05) is 6.61 Å². The molecule has 0 N–H and O–H groups in total. The van der Waals surface area contributed by atoms with Gasteiger partial charge in [0, 0.05) is 6.20 Å². The highest BCUT2D eigenvalue weighted by atomic mass is 16.6. The van der Waals surface area contributed by atoms with E-state index in [4.69, 9.17) is 4.74 Å². The van der Waals surface area contributed by atoms with Crippen molar-refractivity contribution < 1.29 is 4.74 Å². The summed E-state index contributed by atoms with van der Waals surface area (Å²) >= 11 is 0. The fourth-order valence-electron chi connectivity index (χ4n) is 0.788. The van der Waals surface area contributed by atoms with Gasteiger partial charge >= 0.3 is 0 Å². The maximum absolute atomic E-state index is 5.03. The zero-order chi connectivity index (χ0) is 6.97. The smallest absolute Gasteiger partial charge is 0.124 e. The highest BCUT2D eigenvalue weighted by Crippen LogP contribution is 2.26. The summed E-state index contributed by atoms with van der Waals surface area (Å²) in [7, 11) is 0. The van der Waals surface area contributed by atoms with Gasteiger partial charge in [-0.3, -0.25) is 9.97 Å². The first kappa shape index (κ1) is 5.80. The van der Waals surface area contributed by atoms with Crippen LogP contribution in [0.5, 0.6) is 0 Å². The van der Waals surface area contributed by atoms with Crippen LogP contribution in [0.15, 0.2) is 12.4 Å². The minimum absolute atomic E-state index is 0.230. The lowest BCUT2D eigenvalue weighted by Gasteiger charge is -1.92. The second-order valence-electron chi connectivity index (χ2n) is 2.40. The second-order valence-corrected chi connectivity index (χ2v) is 2.40. The van der Waals surface area contributed by atoms with Crippen LogP contribution in [0, 0.1) is 6.92 Å². The summed E-state index contributed by atoms with van der Waals surface area (Å²) in [6.07, 6.45) is 3.76. The first-order valence-electron chi connectivity index (χ1n) is 3.26. The third-order valence-electron chi connectivity index (χ3n) is 1.46. The van der Waals surface area contributed by atoms with E-state index >= 15 is 0 Å². The summed E-state index contributed by atoms with van der Waals surface area (Å²) in [5.41, 5.74) is 1.90. The molecular formula is C7H8N2O. The topological polar surface area (TPSA) is 38.3 Å². The Bertz CT molecular complexity index is 228. The molecule has 1 aliphatic rings. The lowest BCUT2D eigenvalue weighted by molar-refractivity contribution is 0.410. The molecule has 0 aromatic carbocycles. The maximum Gasteiger partial charge on any atom is 0.124 e. The van der Waals surface area contributed by atoms with Crippen molar-refractivity contribution in [3.8, 4) is 0 Å². The molecule has 2 heterocycles. The zero-order valence-corrected chi connectivity index (χ0v) is 5.74. The molecule has 1 aromatic rings. The van der Waals surface area contributed by atoms with Crippen molar-refractivity contribution in [2.45, 2.75) is 13.0 Å². The fraction of sp³-hybridized carbons (Fsp3) is 0.429. The van der Waals surface area contributed by atoms with Crippen molar-refractivity contribution >= 4 is 0 Å². The van der Waals surface area contributed by atoms with Crippen LogP contribution in [0.2, 0.25) is 0 Å². The summed E-state index contributed by atoms with van der Waals surface area (Å²) in [6.45, 7) is 2.72. The van der Waals surface area contributed by atoms with Gasteiger partial charge in [0.2, 0.25) is 0 Å². The average Bonchev–Trinajstić information content (AvgIpc) is 2.71. The Morgan fingerprint density at radius 1 is 1.50 bits per heavy atom. The molecule has 0 aliphatic carbocycles. The van der Waals surface area contributed by atoms with Crippen molar-refractivity contribution in [1.29, 1.82) is 0 Å². The van der Waals surface area contributed by atoms with Gasteiger partial charge in [0.25, 0.3) is 0 Å². The fourth-order valence-corrected chi connectivity index (χ4v) is 0.788. The molecule has 1 fully saturated rings. The van der Waals surface area contributed by atoms with E-state index < -0.39 is 0 Å². The molecule has 52 valence electrons. The Kier molecular flexibility index (Phi) is 1.17. The van der Waals surface area contributed by atoms with Gasteiger partial charge in [0.1, 0.15) is 6.10 Å². The molecule has 3 nitrogen and oxygen atoms in total.